The Labute approximate surface area is 91.3 Å². The molecule has 2 fully saturated rings. The predicted octanol–water partition coefficient (Wildman–Crippen LogP) is 1.57. The van der Waals surface area contributed by atoms with E-state index in [1.807, 2.05) is 0 Å². The zero-order valence-electron chi connectivity index (χ0n) is 8.95. The van der Waals surface area contributed by atoms with Crippen molar-refractivity contribution in [3.8, 4) is 0 Å². The second-order valence-corrected chi connectivity index (χ2v) is 5.38. The lowest BCUT2D eigenvalue weighted by Crippen LogP contribution is -2.45. The molecule has 2 bridgehead atoms. The highest BCUT2D eigenvalue weighted by atomic mass is 35.5. The Hall–Kier alpha value is 0.170. The molecule has 3 nitrogen and oxygen atoms in total. The molecule has 2 rings (SSSR count). The van der Waals surface area contributed by atoms with Crippen molar-refractivity contribution in [2.24, 2.45) is 16.7 Å². The second-order valence-electron chi connectivity index (χ2n) is 5.38. The van der Waals surface area contributed by atoms with Gasteiger partial charge < -0.3 is 10.3 Å². The number of hydroxylamine groups is 1. The minimum Gasteiger partial charge on any atom is -0.391 e. The molecule has 0 spiro atoms. The monoisotopic (exact) mass is 221 g/mol. The molecule has 0 aliphatic heterocycles. The maximum absolute atomic E-state index is 10.1. The van der Waals surface area contributed by atoms with Gasteiger partial charge in [0.1, 0.15) is 0 Å². The van der Waals surface area contributed by atoms with Crippen molar-refractivity contribution in [3.63, 3.8) is 0 Å². The van der Waals surface area contributed by atoms with E-state index < -0.39 is 6.10 Å². The van der Waals surface area contributed by atoms with Crippen LogP contribution in [0.25, 0.3) is 0 Å². The Morgan fingerprint density at radius 3 is 2.14 bits per heavy atom. The van der Waals surface area contributed by atoms with Crippen LogP contribution in [0.5, 0.6) is 0 Å². The van der Waals surface area contributed by atoms with Crippen LogP contribution in [0.2, 0.25) is 0 Å². The maximum Gasteiger partial charge on any atom is 0.0777 e. The highest BCUT2D eigenvalue weighted by molar-refractivity contribution is 5.85. The molecule has 4 unspecified atom stereocenters. The SMILES string of the molecule is CC1(C)C2CCC1(C)C(O)C2NO.Cl. The van der Waals surface area contributed by atoms with Crippen molar-refractivity contribution >= 4 is 12.4 Å². The van der Waals surface area contributed by atoms with E-state index in [1.165, 1.54) is 0 Å². The molecule has 2 aliphatic carbocycles. The van der Waals surface area contributed by atoms with Gasteiger partial charge in [0.15, 0.2) is 0 Å². The summed E-state index contributed by atoms with van der Waals surface area (Å²) < 4.78 is 0. The highest BCUT2D eigenvalue weighted by Crippen LogP contribution is 2.65. The molecule has 4 heteroatoms. The molecular weight excluding hydrogens is 202 g/mol. The molecule has 14 heavy (non-hydrogen) atoms. The highest BCUT2D eigenvalue weighted by Gasteiger charge is 2.65. The van der Waals surface area contributed by atoms with Gasteiger partial charge in [-0.25, -0.2) is 0 Å². The summed E-state index contributed by atoms with van der Waals surface area (Å²) in [4.78, 5) is 0. The first-order valence-corrected chi connectivity index (χ1v) is 5.03. The molecule has 0 radical (unpaired) electrons. The molecule has 2 saturated carbocycles. The van der Waals surface area contributed by atoms with E-state index >= 15 is 0 Å². The fraction of sp³-hybridized carbons (Fsp3) is 1.00. The molecule has 0 heterocycles. The zero-order valence-corrected chi connectivity index (χ0v) is 9.77. The van der Waals surface area contributed by atoms with Gasteiger partial charge in [-0.2, -0.15) is 5.48 Å². The number of aliphatic hydroxyl groups is 1. The minimum absolute atomic E-state index is 0. The summed E-state index contributed by atoms with van der Waals surface area (Å²) in [6.45, 7) is 6.53. The third kappa shape index (κ3) is 1.10. The number of hydrogen-bond acceptors (Lipinski definition) is 3. The van der Waals surface area contributed by atoms with E-state index in [0.29, 0.717) is 5.92 Å². The van der Waals surface area contributed by atoms with Crippen LogP contribution in [0, 0.1) is 16.7 Å². The predicted molar refractivity (Wildman–Crippen MR) is 56.6 cm³/mol. The molecule has 0 amide bonds. The summed E-state index contributed by atoms with van der Waals surface area (Å²) in [5, 5.41) is 19.0. The van der Waals surface area contributed by atoms with Gasteiger partial charge in [-0.3, -0.25) is 0 Å². The van der Waals surface area contributed by atoms with Crippen molar-refractivity contribution in [3.05, 3.63) is 0 Å². The fourth-order valence-electron chi connectivity index (χ4n) is 3.50. The largest absolute Gasteiger partial charge is 0.391 e. The van der Waals surface area contributed by atoms with Gasteiger partial charge in [0, 0.05) is 5.41 Å². The van der Waals surface area contributed by atoms with Gasteiger partial charge in [0.2, 0.25) is 0 Å². The minimum atomic E-state index is -0.411. The van der Waals surface area contributed by atoms with Crippen LogP contribution in [-0.2, 0) is 0 Å². The Balaban J connectivity index is 0.000000980. The topological polar surface area (TPSA) is 52.5 Å². The Kier molecular flexibility index (Phi) is 2.92. The summed E-state index contributed by atoms with van der Waals surface area (Å²) >= 11 is 0. The van der Waals surface area contributed by atoms with Crippen molar-refractivity contribution in [1.29, 1.82) is 0 Å². The number of halogens is 1. The van der Waals surface area contributed by atoms with Crippen LogP contribution in [0.1, 0.15) is 33.6 Å². The lowest BCUT2D eigenvalue weighted by atomic mass is 9.70. The third-order valence-electron chi connectivity index (χ3n) is 4.95. The summed E-state index contributed by atoms with van der Waals surface area (Å²) in [6, 6.07) is -0.131. The number of rotatable bonds is 1. The third-order valence-corrected chi connectivity index (χ3v) is 4.95. The van der Waals surface area contributed by atoms with Gasteiger partial charge in [0.25, 0.3) is 0 Å². The molecule has 0 aromatic rings. The Morgan fingerprint density at radius 2 is 1.86 bits per heavy atom. The van der Waals surface area contributed by atoms with Gasteiger partial charge in [-0.15, -0.1) is 12.4 Å². The van der Waals surface area contributed by atoms with E-state index in [-0.39, 0.29) is 29.3 Å². The maximum atomic E-state index is 10.1. The summed E-state index contributed by atoms with van der Waals surface area (Å²) in [6.07, 6.45) is 1.77. The summed E-state index contributed by atoms with van der Waals surface area (Å²) in [5.74, 6) is 0.400. The van der Waals surface area contributed by atoms with Gasteiger partial charge in [-0.1, -0.05) is 20.8 Å². The van der Waals surface area contributed by atoms with Crippen LogP contribution in [-0.4, -0.2) is 22.5 Å². The molecule has 2 aliphatic rings. The van der Waals surface area contributed by atoms with E-state index in [1.54, 1.807) is 0 Å². The quantitative estimate of drug-likeness (QED) is 0.590. The van der Waals surface area contributed by atoms with E-state index in [0.717, 1.165) is 12.8 Å². The number of hydrogen-bond donors (Lipinski definition) is 3. The second kappa shape index (κ2) is 3.34. The van der Waals surface area contributed by atoms with Gasteiger partial charge in [-0.05, 0) is 24.2 Å². The summed E-state index contributed by atoms with van der Waals surface area (Å²) in [5.41, 5.74) is 2.38. The van der Waals surface area contributed by atoms with Crippen molar-refractivity contribution in [2.75, 3.05) is 0 Å². The molecular formula is C10H20ClNO2. The van der Waals surface area contributed by atoms with Crippen molar-refractivity contribution in [1.82, 2.24) is 5.48 Å². The average molecular weight is 222 g/mol. The molecule has 4 atom stereocenters. The van der Waals surface area contributed by atoms with Crippen molar-refractivity contribution < 1.29 is 10.3 Å². The van der Waals surface area contributed by atoms with E-state index in [4.69, 9.17) is 5.21 Å². The van der Waals surface area contributed by atoms with Gasteiger partial charge in [0.05, 0.1) is 12.1 Å². The molecule has 0 saturated heterocycles. The fourth-order valence-corrected chi connectivity index (χ4v) is 3.50. The van der Waals surface area contributed by atoms with Crippen LogP contribution >= 0.6 is 12.4 Å². The standard InChI is InChI=1S/C10H19NO2.ClH/c1-9(2)6-4-5-10(9,3)8(12)7(6)11-13;/h6-8,11-13H,4-5H2,1-3H3;1H. The smallest absolute Gasteiger partial charge is 0.0777 e. The van der Waals surface area contributed by atoms with E-state index in [9.17, 15) is 5.11 Å². The first-order chi connectivity index (χ1) is 5.95. The average Bonchev–Trinajstić information content (AvgIpc) is 2.36. The molecule has 0 aromatic heterocycles. The van der Waals surface area contributed by atoms with Gasteiger partial charge >= 0.3 is 0 Å². The Morgan fingerprint density at radius 1 is 1.29 bits per heavy atom. The van der Waals surface area contributed by atoms with Crippen LogP contribution in [0.4, 0.5) is 0 Å². The zero-order chi connectivity index (χ0) is 9.85. The number of nitrogens with one attached hydrogen (secondary N) is 1. The summed E-state index contributed by atoms with van der Waals surface area (Å²) in [7, 11) is 0. The van der Waals surface area contributed by atoms with Crippen LogP contribution < -0.4 is 5.48 Å². The molecule has 84 valence electrons. The first-order valence-electron chi connectivity index (χ1n) is 5.03. The number of fused-ring (bicyclic) bond motifs is 2. The molecule has 0 aromatic carbocycles. The molecule has 3 N–H and O–H groups in total. The van der Waals surface area contributed by atoms with Crippen LogP contribution in [0.3, 0.4) is 0 Å². The lowest BCUT2D eigenvalue weighted by Gasteiger charge is -2.36. The first kappa shape index (κ1) is 12.2. The van der Waals surface area contributed by atoms with Crippen molar-refractivity contribution in [2.45, 2.75) is 45.8 Å². The Bertz CT molecular complexity index is 234. The lowest BCUT2D eigenvalue weighted by molar-refractivity contribution is -0.0284. The van der Waals surface area contributed by atoms with E-state index in [2.05, 4.69) is 26.3 Å². The normalized spacial score (nSPS) is 49.1. The number of aliphatic hydroxyl groups excluding tert-OH is 1. The van der Waals surface area contributed by atoms with Crippen LogP contribution in [0.15, 0.2) is 0 Å².